The van der Waals surface area contributed by atoms with E-state index in [-0.39, 0.29) is 36.8 Å². The predicted molar refractivity (Wildman–Crippen MR) is 141 cm³/mol. The molecule has 1 fully saturated rings. The molecule has 0 spiro atoms. The highest BCUT2D eigenvalue weighted by Crippen LogP contribution is 2.31. The van der Waals surface area contributed by atoms with Gasteiger partial charge in [-0.15, -0.1) is 10.2 Å². The lowest BCUT2D eigenvalue weighted by Crippen LogP contribution is -2.42. The third kappa shape index (κ3) is 7.15. The first kappa shape index (κ1) is 26.8. The molecule has 0 aliphatic carbocycles. The molecule has 0 radical (unpaired) electrons. The van der Waals surface area contributed by atoms with E-state index in [4.69, 9.17) is 9.15 Å². The minimum atomic E-state index is -2.88. The molecule has 2 heterocycles. The number of fused-ring (bicyclic) bond motifs is 1. The maximum Gasteiger partial charge on any atom is 0.243 e. The van der Waals surface area contributed by atoms with Crippen molar-refractivity contribution >= 4 is 33.6 Å². The van der Waals surface area contributed by atoms with Crippen LogP contribution in [0.15, 0.2) is 53.1 Å². The van der Waals surface area contributed by atoms with Crippen molar-refractivity contribution in [2.45, 2.75) is 32.4 Å². The molecular formula is C26H33N5O5S. The first-order valence-corrected chi connectivity index (χ1v) is 13.5. The van der Waals surface area contributed by atoms with E-state index in [0.717, 1.165) is 25.9 Å². The Kier molecular flexibility index (Phi) is 9.26. The highest BCUT2D eigenvalue weighted by molar-refractivity contribution is 7.69. The van der Waals surface area contributed by atoms with Crippen LogP contribution in [0.3, 0.4) is 0 Å². The molecule has 37 heavy (non-hydrogen) atoms. The van der Waals surface area contributed by atoms with E-state index in [1.807, 2.05) is 0 Å². The number of nitrogens with one attached hydrogen (secondary N) is 1. The summed E-state index contributed by atoms with van der Waals surface area (Å²) in [7, 11) is -1.39. The van der Waals surface area contributed by atoms with E-state index in [2.05, 4.69) is 69.8 Å². The normalized spacial score (nSPS) is 16.1. The standard InChI is InChI=1S/C26H33N5O5S/c1-19(22-9-5-7-21-6-3-4-8-23(21)22)30-13-10-20(11-14-30)17-31(37(33)34)18-24(32)27-16-26-29-28-25(36-26)12-15-35-2/h3-9,12,15,19-20,37H,10-11,13-14,16-18H2,1-2H3,(H,27,32)/b15-12+. The molecule has 1 unspecified atom stereocenters. The number of amides is 1. The molecule has 1 N–H and O–H groups in total. The van der Waals surface area contributed by atoms with Crippen molar-refractivity contribution < 1.29 is 22.4 Å². The van der Waals surface area contributed by atoms with E-state index in [0.29, 0.717) is 6.54 Å². The molecule has 10 nitrogen and oxygen atoms in total. The van der Waals surface area contributed by atoms with Crippen molar-refractivity contribution in [3.05, 3.63) is 66.1 Å². The van der Waals surface area contributed by atoms with E-state index < -0.39 is 16.8 Å². The zero-order chi connectivity index (χ0) is 26.2. The van der Waals surface area contributed by atoms with E-state index in [9.17, 15) is 13.2 Å². The maximum atomic E-state index is 12.4. The second-order valence-corrected chi connectivity index (χ2v) is 10.2. The van der Waals surface area contributed by atoms with Gasteiger partial charge in [-0.05, 0) is 55.1 Å². The number of aromatic nitrogens is 2. The van der Waals surface area contributed by atoms with Crippen LogP contribution in [0.25, 0.3) is 16.8 Å². The quantitative estimate of drug-likeness (QED) is 0.289. The van der Waals surface area contributed by atoms with Crippen LogP contribution in [0.1, 0.15) is 43.2 Å². The summed E-state index contributed by atoms with van der Waals surface area (Å²) in [5.41, 5.74) is 1.31. The van der Waals surface area contributed by atoms with E-state index in [1.54, 1.807) is 0 Å². The number of nitrogens with zero attached hydrogens (tertiary/aromatic N) is 4. The van der Waals surface area contributed by atoms with Crippen LogP contribution in [-0.4, -0.2) is 67.0 Å². The molecule has 198 valence electrons. The Morgan fingerprint density at radius 3 is 2.73 bits per heavy atom. The van der Waals surface area contributed by atoms with Gasteiger partial charge >= 0.3 is 0 Å². The van der Waals surface area contributed by atoms with Crippen molar-refractivity contribution in [1.29, 1.82) is 0 Å². The minimum Gasteiger partial charge on any atom is -0.504 e. The van der Waals surface area contributed by atoms with Crippen LogP contribution in [0.5, 0.6) is 0 Å². The summed E-state index contributed by atoms with van der Waals surface area (Å²) in [5, 5.41) is 12.8. The van der Waals surface area contributed by atoms with Crippen LogP contribution in [-0.2, 0) is 27.0 Å². The third-order valence-electron chi connectivity index (χ3n) is 6.76. The van der Waals surface area contributed by atoms with Gasteiger partial charge in [0.2, 0.25) is 28.6 Å². The number of ether oxygens (including phenoxy) is 1. The lowest BCUT2D eigenvalue weighted by molar-refractivity contribution is -0.121. The van der Waals surface area contributed by atoms with Gasteiger partial charge in [0.1, 0.15) is 0 Å². The third-order valence-corrected chi connectivity index (χ3v) is 7.53. The number of rotatable bonds is 11. The first-order chi connectivity index (χ1) is 17.9. The van der Waals surface area contributed by atoms with Crippen LogP contribution < -0.4 is 5.32 Å². The zero-order valence-corrected chi connectivity index (χ0v) is 22.0. The topological polar surface area (TPSA) is 118 Å². The van der Waals surface area contributed by atoms with Gasteiger partial charge in [-0.25, -0.2) is 8.42 Å². The van der Waals surface area contributed by atoms with Crippen molar-refractivity contribution in [2.75, 3.05) is 33.3 Å². The summed E-state index contributed by atoms with van der Waals surface area (Å²) in [6, 6.07) is 15.1. The molecular weight excluding hydrogens is 494 g/mol. The molecule has 1 aliphatic heterocycles. The molecule has 11 heteroatoms. The molecule has 2 aromatic carbocycles. The molecule has 3 aromatic rings. The molecule has 1 saturated heterocycles. The number of hydrogen-bond acceptors (Lipinski definition) is 8. The van der Waals surface area contributed by atoms with Crippen LogP contribution in [0, 0.1) is 5.92 Å². The Labute approximate surface area is 218 Å². The highest BCUT2D eigenvalue weighted by atomic mass is 32.2. The second kappa shape index (κ2) is 12.8. The monoisotopic (exact) mass is 527 g/mol. The molecule has 1 atom stereocenters. The van der Waals surface area contributed by atoms with Crippen molar-refractivity contribution in [3.8, 4) is 0 Å². The summed E-state index contributed by atoms with van der Waals surface area (Å²) >= 11 is 0. The Hall–Kier alpha value is -3.28. The van der Waals surface area contributed by atoms with Gasteiger partial charge in [0.15, 0.2) is 0 Å². The number of carbonyl (C=O) groups is 1. The van der Waals surface area contributed by atoms with E-state index in [1.165, 1.54) is 40.1 Å². The fraction of sp³-hybridized carbons (Fsp3) is 0.423. The van der Waals surface area contributed by atoms with Gasteiger partial charge in [0.05, 0.1) is 26.5 Å². The Morgan fingerprint density at radius 2 is 1.97 bits per heavy atom. The fourth-order valence-corrected chi connectivity index (χ4v) is 5.36. The fourth-order valence-electron chi connectivity index (χ4n) is 4.75. The Morgan fingerprint density at radius 1 is 1.22 bits per heavy atom. The average Bonchev–Trinajstić information content (AvgIpc) is 3.38. The van der Waals surface area contributed by atoms with Gasteiger partial charge in [-0.2, -0.15) is 4.31 Å². The average molecular weight is 528 g/mol. The first-order valence-electron chi connectivity index (χ1n) is 12.3. The molecule has 4 rings (SSSR count). The van der Waals surface area contributed by atoms with Gasteiger partial charge < -0.3 is 14.5 Å². The number of piperidine rings is 1. The maximum absolute atomic E-state index is 12.4. The molecule has 0 saturated carbocycles. The van der Waals surface area contributed by atoms with E-state index >= 15 is 0 Å². The molecule has 1 aliphatic rings. The summed E-state index contributed by atoms with van der Waals surface area (Å²) in [6.07, 6.45) is 4.63. The Balaban J connectivity index is 1.27. The Bertz CT molecular complexity index is 1290. The van der Waals surface area contributed by atoms with Gasteiger partial charge in [-0.3, -0.25) is 9.69 Å². The van der Waals surface area contributed by atoms with Gasteiger partial charge in [0.25, 0.3) is 0 Å². The van der Waals surface area contributed by atoms with Crippen LogP contribution in [0.2, 0.25) is 0 Å². The highest BCUT2D eigenvalue weighted by Gasteiger charge is 2.27. The second-order valence-electron chi connectivity index (χ2n) is 9.16. The molecule has 1 amide bonds. The number of hydrogen-bond donors (Lipinski definition) is 2. The molecule has 1 aromatic heterocycles. The number of benzene rings is 2. The lowest BCUT2D eigenvalue weighted by Gasteiger charge is -2.37. The van der Waals surface area contributed by atoms with Crippen molar-refractivity contribution in [2.24, 2.45) is 5.92 Å². The summed E-state index contributed by atoms with van der Waals surface area (Å²) in [5.74, 6) is 0.238. The number of likely N-dealkylation sites (tertiary alicyclic amines) is 1. The predicted octanol–water partition coefficient (Wildman–Crippen LogP) is 2.76. The van der Waals surface area contributed by atoms with Crippen LogP contribution >= 0.6 is 0 Å². The number of thiol groups is 1. The summed E-state index contributed by atoms with van der Waals surface area (Å²) < 4.78 is 35.1. The van der Waals surface area contributed by atoms with Gasteiger partial charge in [0, 0.05) is 18.7 Å². The summed E-state index contributed by atoms with van der Waals surface area (Å²) in [4.78, 5) is 14.9. The van der Waals surface area contributed by atoms with Crippen LogP contribution in [0.4, 0.5) is 0 Å². The number of carbonyl (C=O) groups excluding carboxylic acids is 1. The van der Waals surface area contributed by atoms with Gasteiger partial charge in [-0.1, -0.05) is 42.5 Å². The largest absolute Gasteiger partial charge is 0.504 e. The summed E-state index contributed by atoms with van der Waals surface area (Å²) in [6.45, 7) is 4.09. The zero-order valence-electron chi connectivity index (χ0n) is 21.1. The smallest absolute Gasteiger partial charge is 0.243 e. The lowest BCUT2D eigenvalue weighted by atomic mass is 9.93. The SMILES string of the molecule is CO/C=C/c1nnc(CNC(=O)CN(CC2CCN(C(C)c3cccc4ccccc34)CC2)[SH](=O)=O)o1. The number of methoxy groups -OCH3 is 1. The van der Waals surface area contributed by atoms with Crippen molar-refractivity contribution in [1.82, 2.24) is 24.7 Å². The molecule has 0 bridgehead atoms. The van der Waals surface area contributed by atoms with Crippen molar-refractivity contribution in [3.63, 3.8) is 0 Å². The minimum absolute atomic E-state index is 0.0145.